The van der Waals surface area contributed by atoms with Crippen molar-refractivity contribution in [1.82, 2.24) is 4.98 Å². The molecule has 2 aromatic rings. The number of H-pyrrole nitrogens is 1. The molecule has 0 aliphatic heterocycles. The molecule has 0 atom stereocenters. The molecule has 0 fully saturated rings. The molecule has 0 saturated carbocycles. The van der Waals surface area contributed by atoms with E-state index in [-0.39, 0.29) is 11.2 Å². The van der Waals surface area contributed by atoms with Gasteiger partial charge in [-0.15, -0.1) is 13.2 Å². The van der Waals surface area contributed by atoms with Crippen molar-refractivity contribution >= 4 is 0 Å². The lowest BCUT2D eigenvalue weighted by atomic mass is 10.0. The molecule has 6 heteroatoms. The van der Waals surface area contributed by atoms with Gasteiger partial charge in [-0.1, -0.05) is 12.1 Å². The van der Waals surface area contributed by atoms with Crippen LogP contribution in [-0.2, 0) is 0 Å². The summed E-state index contributed by atoms with van der Waals surface area (Å²) in [5.41, 5.74) is 1.42. The monoisotopic (exact) mass is 269 g/mol. The third-order valence-corrected chi connectivity index (χ3v) is 2.53. The molecule has 1 N–H and O–H groups in total. The third kappa shape index (κ3) is 3.15. The average molecular weight is 269 g/mol. The predicted molar refractivity (Wildman–Crippen MR) is 63.9 cm³/mol. The first-order valence-electron chi connectivity index (χ1n) is 5.41. The molecule has 19 heavy (non-hydrogen) atoms. The van der Waals surface area contributed by atoms with Crippen molar-refractivity contribution in [1.29, 1.82) is 0 Å². The van der Waals surface area contributed by atoms with E-state index in [0.29, 0.717) is 16.8 Å². The smallest absolute Gasteiger partial charge is 0.406 e. The van der Waals surface area contributed by atoms with Gasteiger partial charge in [0, 0.05) is 23.5 Å². The Bertz CT molecular complexity index is 630. The second-order valence-corrected chi connectivity index (χ2v) is 3.91. The van der Waals surface area contributed by atoms with Crippen molar-refractivity contribution in [2.75, 3.05) is 0 Å². The zero-order chi connectivity index (χ0) is 14.0. The van der Waals surface area contributed by atoms with Crippen LogP contribution in [0.15, 0.2) is 41.3 Å². The van der Waals surface area contributed by atoms with Gasteiger partial charge in [-0.2, -0.15) is 0 Å². The first kappa shape index (κ1) is 13.2. The molecule has 3 nitrogen and oxygen atoms in total. The van der Waals surface area contributed by atoms with Crippen LogP contribution in [0.3, 0.4) is 0 Å². The fraction of sp³-hybridized carbons (Fsp3) is 0.154. The number of alkyl halides is 3. The summed E-state index contributed by atoms with van der Waals surface area (Å²) in [5.74, 6) is -0.318. The van der Waals surface area contributed by atoms with Crippen LogP contribution in [0.1, 0.15) is 5.69 Å². The number of hydrogen-bond acceptors (Lipinski definition) is 2. The molecule has 1 aromatic carbocycles. The molecular weight excluding hydrogens is 259 g/mol. The van der Waals surface area contributed by atoms with Gasteiger partial charge in [0.05, 0.1) is 0 Å². The van der Waals surface area contributed by atoms with Gasteiger partial charge in [0.1, 0.15) is 5.75 Å². The van der Waals surface area contributed by atoms with Crippen LogP contribution in [0.25, 0.3) is 11.1 Å². The number of aryl methyl sites for hydroxylation is 1. The number of pyridine rings is 1. The molecular formula is C13H10F3NO2. The van der Waals surface area contributed by atoms with Crippen molar-refractivity contribution in [3.63, 3.8) is 0 Å². The molecule has 0 spiro atoms. The molecule has 0 amide bonds. The van der Waals surface area contributed by atoms with Crippen molar-refractivity contribution in [2.45, 2.75) is 13.3 Å². The molecule has 0 radical (unpaired) electrons. The normalized spacial score (nSPS) is 11.4. The number of aromatic nitrogens is 1. The minimum atomic E-state index is -4.72. The minimum absolute atomic E-state index is 0.194. The van der Waals surface area contributed by atoms with E-state index in [2.05, 4.69) is 9.72 Å². The molecule has 0 bridgehead atoms. The van der Waals surface area contributed by atoms with Gasteiger partial charge in [0.15, 0.2) is 5.43 Å². The summed E-state index contributed by atoms with van der Waals surface area (Å²) in [6, 6.07) is 6.54. The highest BCUT2D eigenvalue weighted by Crippen LogP contribution is 2.25. The van der Waals surface area contributed by atoms with Crippen LogP contribution >= 0.6 is 0 Å². The second-order valence-electron chi connectivity index (χ2n) is 3.91. The van der Waals surface area contributed by atoms with Crippen molar-refractivity contribution in [2.24, 2.45) is 0 Å². The highest BCUT2D eigenvalue weighted by molar-refractivity contribution is 5.66. The molecule has 2 rings (SSSR count). The average Bonchev–Trinajstić information content (AvgIpc) is 2.29. The maximum atomic E-state index is 12.0. The van der Waals surface area contributed by atoms with Gasteiger partial charge in [0.2, 0.25) is 0 Å². The maximum absolute atomic E-state index is 12.0. The highest BCUT2D eigenvalue weighted by Gasteiger charge is 2.30. The SMILES string of the molecule is Cc1[nH]ccc(=O)c1-c1ccc(OC(F)(F)F)cc1. The lowest BCUT2D eigenvalue weighted by molar-refractivity contribution is -0.274. The Morgan fingerprint density at radius 3 is 2.26 bits per heavy atom. The largest absolute Gasteiger partial charge is 0.573 e. The highest BCUT2D eigenvalue weighted by atomic mass is 19.4. The summed E-state index contributed by atoms with van der Waals surface area (Å²) in [4.78, 5) is 14.6. The Morgan fingerprint density at radius 2 is 1.74 bits per heavy atom. The topological polar surface area (TPSA) is 42.1 Å². The molecule has 0 unspecified atom stereocenters. The Kier molecular flexibility index (Phi) is 3.33. The van der Waals surface area contributed by atoms with Crippen LogP contribution in [0.2, 0.25) is 0 Å². The summed E-state index contributed by atoms with van der Waals surface area (Å²) >= 11 is 0. The Balaban J connectivity index is 2.36. The van der Waals surface area contributed by atoms with Crippen LogP contribution in [0, 0.1) is 6.92 Å². The molecule has 0 aliphatic carbocycles. The van der Waals surface area contributed by atoms with E-state index in [0.717, 1.165) is 0 Å². The van der Waals surface area contributed by atoms with Gasteiger partial charge < -0.3 is 9.72 Å². The number of nitrogens with one attached hydrogen (secondary N) is 1. The Morgan fingerprint density at radius 1 is 1.11 bits per heavy atom. The van der Waals surface area contributed by atoms with Gasteiger partial charge in [-0.3, -0.25) is 4.79 Å². The van der Waals surface area contributed by atoms with Gasteiger partial charge in [-0.25, -0.2) is 0 Å². The first-order valence-corrected chi connectivity index (χ1v) is 5.41. The summed E-state index contributed by atoms with van der Waals surface area (Å²) in [6.45, 7) is 1.72. The van der Waals surface area contributed by atoms with E-state index in [4.69, 9.17) is 0 Å². The zero-order valence-corrected chi connectivity index (χ0v) is 9.91. The standard InChI is InChI=1S/C13H10F3NO2/c1-8-12(11(18)6-7-17-8)9-2-4-10(5-3-9)19-13(14,15)16/h2-7H,1H3,(H,17,18). The van der Waals surface area contributed by atoms with E-state index >= 15 is 0 Å². The van der Waals surface area contributed by atoms with Crippen molar-refractivity contribution in [3.05, 3.63) is 52.4 Å². The van der Waals surface area contributed by atoms with Gasteiger partial charge >= 0.3 is 6.36 Å². The number of benzene rings is 1. The number of halogens is 3. The van der Waals surface area contributed by atoms with Crippen molar-refractivity contribution in [3.8, 4) is 16.9 Å². The third-order valence-electron chi connectivity index (χ3n) is 2.53. The van der Waals surface area contributed by atoms with E-state index in [1.54, 1.807) is 6.92 Å². The molecule has 1 heterocycles. The van der Waals surface area contributed by atoms with Crippen LogP contribution < -0.4 is 10.2 Å². The Labute approximate surface area is 106 Å². The Hall–Kier alpha value is -2.24. The number of ether oxygens (including phenoxy) is 1. The fourth-order valence-electron chi connectivity index (χ4n) is 1.76. The lowest BCUT2D eigenvalue weighted by Crippen LogP contribution is -2.17. The molecule has 0 aliphatic rings. The number of hydrogen-bond donors (Lipinski definition) is 1. The maximum Gasteiger partial charge on any atom is 0.573 e. The quantitative estimate of drug-likeness (QED) is 0.909. The summed E-state index contributed by atoms with van der Waals surface area (Å²) in [5, 5.41) is 0. The molecule has 1 aromatic heterocycles. The van der Waals surface area contributed by atoms with E-state index in [1.807, 2.05) is 0 Å². The summed E-state index contributed by atoms with van der Waals surface area (Å²) in [7, 11) is 0. The van der Waals surface area contributed by atoms with E-state index < -0.39 is 6.36 Å². The van der Waals surface area contributed by atoms with Crippen LogP contribution in [0.4, 0.5) is 13.2 Å². The molecule has 0 saturated heterocycles. The minimum Gasteiger partial charge on any atom is -0.406 e. The number of rotatable bonds is 2. The van der Waals surface area contributed by atoms with Crippen LogP contribution in [0.5, 0.6) is 5.75 Å². The lowest BCUT2D eigenvalue weighted by Gasteiger charge is -2.10. The summed E-state index contributed by atoms with van der Waals surface area (Å²) in [6.07, 6.45) is -3.20. The summed E-state index contributed by atoms with van der Waals surface area (Å²) < 4.78 is 39.8. The van der Waals surface area contributed by atoms with E-state index in [1.165, 1.54) is 36.5 Å². The van der Waals surface area contributed by atoms with Crippen molar-refractivity contribution < 1.29 is 17.9 Å². The number of aromatic amines is 1. The predicted octanol–water partition coefficient (Wildman–Crippen LogP) is 3.25. The fourth-order valence-corrected chi connectivity index (χ4v) is 1.76. The first-order chi connectivity index (χ1) is 8.87. The molecule has 100 valence electrons. The second kappa shape index (κ2) is 4.79. The van der Waals surface area contributed by atoms with Gasteiger partial charge in [-0.05, 0) is 24.6 Å². The van der Waals surface area contributed by atoms with Gasteiger partial charge in [0.25, 0.3) is 0 Å². The van der Waals surface area contributed by atoms with E-state index in [9.17, 15) is 18.0 Å². The zero-order valence-electron chi connectivity index (χ0n) is 9.91. The van der Waals surface area contributed by atoms with Crippen LogP contribution in [-0.4, -0.2) is 11.3 Å².